The van der Waals surface area contributed by atoms with Gasteiger partial charge in [0.05, 0.1) is 6.61 Å². The Morgan fingerprint density at radius 1 is 1.10 bits per heavy atom. The third-order valence-electron chi connectivity index (χ3n) is 4.06. The Hall–Kier alpha value is -0.120. The zero-order valence-electron chi connectivity index (χ0n) is 14.7. The van der Waals surface area contributed by atoms with Crippen molar-refractivity contribution in [3.63, 3.8) is 0 Å². The number of rotatable bonds is 13. The van der Waals surface area contributed by atoms with Gasteiger partial charge < -0.3 is 10.1 Å². The number of hydrogen-bond donors (Lipinski definition) is 1. The zero-order valence-corrected chi connectivity index (χ0v) is 14.7. The van der Waals surface area contributed by atoms with Gasteiger partial charge in [0.25, 0.3) is 0 Å². The van der Waals surface area contributed by atoms with Gasteiger partial charge in [-0.3, -0.25) is 4.90 Å². The van der Waals surface area contributed by atoms with Crippen LogP contribution in [-0.2, 0) is 4.74 Å². The molecular weight excluding hydrogens is 248 g/mol. The van der Waals surface area contributed by atoms with Crippen molar-refractivity contribution in [1.82, 2.24) is 10.2 Å². The summed E-state index contributed by atoms with van der Waals surface area (Å²) in [5.74, 6) is 0.746. The van der Waals surface area contributed by atoms with Crippen LogP contribution in [0.1, 0.15) is 60.3 Å². The van der Waals surface area contributed by atoms with E-state index >= 15 is 0 Å². The van der Waals surface area contributed by atoms with E-state index in [1.165, 1.54) is 25.7 Å². The van der Waals surface area contributed by atoms with E-state index in [0.29, 0.717) is 12.1 Å². The molecule has 0 aromatic rings. The number of nitrogens with zero attached hydrogens (tertiary/aromatic N) is 1. The summed E-state index contributed by atoms with van der Waals surface area (Å²) in [5.41, 5.74) is 0. The molecular formula is C17H38N2O. The predicted molar refractivity (Wildman–Crippen MR) is 89.4 cm³/mol. The first-order chi connectivity index (χ1) is 9.56. The van der Waals surface area contributed by atoms with E-state index in [1.807, 2.05) is 0 Å². The SMILES string of the molecule is CCC(CC)N(CCOC)C(C)CCCNCC(C)C. The van der Waals surface area contributed by atoms with E-state index < -0.39 is 0 Å². The molecule has 0 radical (unpaired) electrons. The van der Waals surface area contributed by atoms with Crippen molar-refractivity contribution in [3.8, 4) is 0 Å². The highest BCUT2D eigenvalue weighted by Crippen LogP contribution is 2.15. The molecule has 0 spiro atoms. The minimum absolute atomic E-state index is 0.649. The molecule has 1 unspecified atom stereocenters. The van der Waals surface area contributed by atoms with Crippen LogP contribution in [0.5, 0.6) is 0 Å². The van der Waals surface area contributed by atoms with Crippen molar-refractivity contribution in [2.45, 2.75) is 72.4 Å². The van der Waals surface area contributed by atoms with E-state index in [-0.39, 0.29) is 0 Å². The summed E-state index contributed by atoms with van der Waals surface area (Å²) >= 11 is 0. The van der Waals surface area contributed by atoms with Crippen LogP contribution < -0.4 is 5.32 Å². The minimum Gasteiger partial charge on any atom is -0.383 e. The van der Waals surface area contributed by atoms with Crippen LogP contribution >= 0.6 is 0 Å². The topological polar surface area (TPSA) is 24.5 Å². The number of methoxy groups -OCH3 is 1. The first-order valence-corrected chi connectivity index (χ1v) is 8.52. The van der Waals surface area contributed by atoms with Crippen molar-refractivity contribution in [3.05, 3.63) is 0 Å². The Morgan fingerprint density at radius 3 is 2.25 bits per heavy atom. The molecule has 122 valence electrons. The van der Waals surface area contributed by atoms with Crippen LogP contribution in [0.15, 0.2) is 0 Å². The van der Waals surface area contributed by atoms with Crippen molar-refractivity contribution >= 4 is 0 Å². The van der Waals surface area contributed by atoms with Crippen LogP contribution in [0.25, 0.3) is 0 Å². The van der Waals surface area contributed by atoms with Gasteiger partial charge in [0.1, 0.15) is 0 Å². The Labute approximate surface area is 127 Å². The summed E-state index contributed by atoms with van der Waals surface area (Å²) in [7, 11) is 1.80. The molecule has 1 atom stereocenters. The quantitative estimate of drug-likeness (QED) is 0.524. The highest BCUT2D eigenvalue weighted by molar-refractivity contribution is 4.75. The smallest absolute Gasteiger partial charge is 0.0589 e. The maximum absolute atomic E-state index is 5.28. The summed E-state index contributed by atoms with van der Waals surface area (Å²) < 4.78 is 5.28. The van der Waals surface area contributed by atoms with Gasteiger partial charge in [-0.1, -0.05) is 27.7 Å². The lowest BCUT2D eigenvalue weighted by molar-refractivity contribution is 0.0815. The number of ether oxygens (including phenoxy) is 1. The molecule has 0 aliphatic rings. The summed E-state index contributed by atoms with van der Waals surface area (Å²) in [6.07, 6.45) is 5.00. The van der Waals surface area contributed by atoms with Crippen molar-refractivity contribution in [2.75, 3.05) is 33.4 Å². The fraction of sp³-hybridized carbons (Fsp3) is 1.00. The average molecular weight is 287 g/mol. The second-order valence-electron chi connectivity index (χ2n) is 6.29. The number of hydrogen-bond acceptors (Lipinski definition) is 3. The molecule has 0 aliphatic carbocycles. The fourth-order valence-corrected chi connectivity index (χ4v) is 2.80. The summed E-state index contributed by atoms with van der Waals surface area (Å²) in [4.78, 5) is 2.64. The van der Waals surface area contributed by atoms with Gasteiger partial charge in [-0.25, -0.2) is 0 Å². The molecule has 0 aromatic carbocycles. The van der Waals surface area contributed by atoms with Crippen LogP contribution in [0.2, 0.25) is 0 Å². The predicted octanol–water partition coefficient (Wildman–Crippen LogP) is 3.54. The van der Waals surface area contributed by atoms with Gasteiger partial charge in [0.2, 0.25) is 0 Å². The molecule has 0 saturated heterocycles. The van der Waals surface area contributed by atoms with Gasteiger partial charge >= 0.3 is 0 Å². The van der Waals surface area contributed by atoms with Crippen LogP contribution in [0, 0.1) is 5.92 Å². The first kappa shape index (κ1) is 19.9. The first-order valence-electron chi connectivity index (χ1n) is 8.52. The lowest BCUT2D eigenvalue weighted by atomic mass is 10.0. The fourth-order valence-electron chi connectivity index (χ4n) is 2.80. The molecule has 0 aliphatic heterocycles. The van der Waals surface area contributed by atoms with Gasteiger partial charge in [-0.05, 0) is 51.6 Å². The molecule has 0 heterocycles. The third-order valence-corrected chi connectivity index (χ3v) is 4.06. The van der Waals surface area contributed by atoms with E-state index in [0.717, 1.165) is 32.2 Å². The van der Waals surface area contributed by atoms with Gasteiger partial charge in [0, 0.05) is 25.7 Å². The van der Waals surface area contributed by atoms with Crippen molar-refractivity contribution in [2.24, 2.45) is 5.92 Å². The normalized spacial score (nSPS) is 13.7. The molecule has 20 heavy (non-hydrogen) atoms. The Kier molecular flexibility index (Phi) is 12.5. The molecule has 3 nitrogen and oxygen atoms in total. The zero-order chi connectivity index (χ0) is 15.4. The maximum atomic E-state index is 5.28. The second kappa shape index (κ2) is 12.6. The molecule has 3 heteroatoms. The number of nitrogens with one attached hydrogen (secondary N) is 1. The summed E-state index contributed by atoms with van der Waals surface area (Å²) in [5, 5.41) is 3.54. The minimum atomic E-state index is 0.649. The molecule has 0 bridgehead atoms. The molecule has 0 fully saturated rings. The Morgan fingerprint density at radius 2 is 1.75 bits per heavy atom. The van der Waals surface area contributed by atoms with Gasteiger partial charge in [-0.15, -0.1) is 0 Å². The van der Waals surface area contributed by atoms with Gasteiger partial charge in [0.15, 0.2) is 0 Å². The molecule has 1 N–H and O–H groups in total. The lowest BCUT2D eigenvalue weighted by Gasteiger charge is -2.35. The highest BCUT2D eigenvalue weighted by atomic mass is 16.5. The van der Waals surface area contributed by atoms with Crippen LogP contribution in [0.3, 0.4) is 0 Å². The molecule has 0 aromatic heterocycles. The highest BCUT2D eigenvalue weighted by Gasteiger charge is 2.20. The Balaban J connectivity index is 4.08. The monoisotopic (exact) mass is 286 g/mol. The summed E-state index contributed by atoms with van der Waals surface area (Å²) in [6.45, 7) is 15.7. The van der Waals surface area contributed by atoms with Crippen molar-refractivity contribution in [1.29, 1.82) is 0 Å². The lowest BCUT2D eigenvalue weighted by Crippen LogP contribution is -2.43. The van der Waals surface area contributed by atoms with Crippen LogP contribution in [-0.4, -0.2) is 50.3 Å². The molecule has 0 amide bonds. The maximum Gasteiger partial charge on any atom is 0.0589 e. The van der Waals surface area contributed by atoms with E-state index in [1.54, 1.807) is 7.11 Å². The van der Waals surface area contributed by atoms with Crippen LogP contribution in [0.4, 0.5) is 0 Å². The third kappa shape index (κ3) is 8.93. The standard InChI is InChI=1S/C17H38N2O/c1-7-17(8-2)19(12-13-20-6)16(5)10-9-11-18-14-15(3)4/h15-18H,7-14H2,1-6H3. The molecule has 0 rings (SSSR count). The van der Waals surface area contributed by atoms with E-state index in [4.69, 9.17) is 4.74 Å². The van der Waals surface area contributed by atoms with E-state index in [9.17, 15) is 0 Å². The summed E-state index contributed by atoms with van der Waals surface area (Å²) in [6, 6.07) is 1.35. The van der Waals surface area contributed by atoms with Gasteiger partial charge in [-0.2, -0.15) is 0 Å². The van der Waals surface area contributed by atoms with E-state index in [2.05, 4.69) is 44.8 Å². The molecule has 0 saturated carbocycles. The second-order valence-corrected chi connectivity index (χ2v) is 6.29. The largest absolute Gasteiger partial charge is 0.383 e. The Bertz CT molecular complexity index is 205. The average Bonchev–Trinajstić information content (AvgIpc) is 2.42. The van der Waals surface area contributed by atoms with Crippen molar-refractivity contribution < 1.29 is 4.74 Å².